The standard InChI is InChI=1S/C21H25ClN2O2/c1-13-11-14(2)21(15(3)12-13)23-20(26)9-10-24(17(5)25)19-8-6-7-18(22)16(19)4/h6-8,11-12H,9-10H2,1-5H3,(H,23,26). The molecule has 1 N–H and O–H groups in total. The number of anilines is 2. The van der Waals surface area contributed by atoms with E-state index in [0.717, 1.165) is 33.6 Å². The Morgan fingerprint density at radius 1 is 1.08 bits per heavy atom. The van der Waals surface area contributed by atoms with E-state index < -0.39 is 0 Å². The molecule has 0 fully saturated rings. The molecule has 0 saturated carbocycles. The van der Waals surface area contributed by atoms with Crippen molar-refractivity contribution in [2.45, 2.75) is 41.0 Å². The number of nitrogens with one attached hydrogen (secondary N) is 1. The Bertz CT molecular complexity index is 823. The Hall–Kier alpha value is -2.33. The van der Waals surface area contributed by atoms with Gasteiger partial charge in [0.25, 0.3) is 0 Å². The molecule has 0 bridgehead atoms. The Kier molecular flexibility index (Phi) is 6.43. The number of hydrogen-bond donors (Lipinski definition) is 1. The van der Waals surface area contributed by atoms with Crippen molar-refractivity contribution in [1.82, 2.24) is 0 Å². The lowest BCUT2D eigenvalue weighted by atomic mass is 10.0. The fourth-order valence-corrected chi connectivity index (χ4v) is 3.30. The first kappa shape index (κ1) is 20.0. The summed E-state index contributed by atoms with van der Waals surface area (Å²) in [6, 6.07) is 9.52. The summed E-state index contributed by atoms with van der Waals surface area (Å²) in [7, 11) is 0. The molecule has 5 heteroatoms. The zero-order chi connectivity index (χ0) is 19.4. The summed E-state index contributed by atoms with van der Waals surface area (Å²) < 4.78 is 0. The maximum atomic E-state index is 12.4. The molecule has 4 nitrogen and oxygen atoms in total. The molecule has 0 aliphatic heterocycles. The minimum Gasteiger partial charge on any atom is -0.326 e. The largest absolute Gasteiger partial charge is 0.326 e. The minimum absolute atomic E-state index is 0.119. The molecule has 2 aromatic rings. The molecule has 2 rings (SSSR count). The van der Waals surface area contributed by atoms with Gasteiger partial charge >= 0.3 is 0 Å². The van der Waals surface area contributed by atoms with Crippen LogP contribution in [0.25, 0.3) is 0 Å². The van der Waals surface area contributed by atoms with Crippen LogP contribution in [0.1, 0.15) is 35.6 Å². The number of nitrogens with zero attached hydrogens (tertiary/aromatic N) is 1. The predicted octanol–water partition coefficient (Wildman–Crippen LogP) is 4.96. The van der Waals surface area contributed by atoms with Gasteiger partial charge in [-0.25, -0.2) is 0 Å². The normalized spacial score (nSPS) is 10.5. The Balaban J connectivity index is 2.11. The van der Waals surface area contributed by atoms with Crippen molar-refractivity contribution in [1.29, 1.82) is 0 Å². The van der Waals surface area contributed by atoms with Crippen molar-refractivity contribution in [3.63, 3.8) is 0 Å². The number of hydrogen-bond acceptors (Lipinski definition) is 2. The molecule has 2 aromatic carbocycles. The molecule has 0 heterocycles. The van der Waals surface area contributed by atoms with Crippen LogP contribution in [0.15, 0.2) is 30.3 Å². The molecular weight excluding hydrogens is 348 g/mol. The van der Waals surface area contributed by atoms with Crippen LogP contribution < -0.4 is 10.2 Å². The number of amides is 2. The van der Waals surface area contributed by atoms with E-state index in [1.165, 1.54) is 6.92 Å². The highest BCUT2D eigenvalue weighted by Crippen LogP contribution is 2.27. The van der Waals surface area contributed by atoms with Crippen LogP contribution in [0.4, 0.5) is 11.4 Å². The number of rotatable bonds is 5. The predicted molar refractivity (Wildman–Crippen MR) is 108 cm³/mol. The van der Waals surface area contributed by atoms with Gasteiger partial charge in [-0.2, -0.15) is 0 Å². The average molecular weight is 373 g/mol. The summed E-state index contributed by atoms with van der Waals surface area (Å²) in [4.78, 5) is 26.1. The molecule has 0 spiro atoms. The summed E-state index contributed by atoms with van der Waals surface area (Å²) >= 11 is 6.16. The molecule has 2 amide bonds. The quantitative estimate of drug-likeness (QED) is 0.806. The third-order valence-electron chi connectivity index (χ3n) is 4.41. The zero-order valence-corrected chi connectivity index (χ0v) is 16.7. The van der Waals surface area contributed by atoms with Gasteiger partial charge in [-0.05, 0) is 56.5 Å². The monoisotopic (exact) mass is 372 g/mol. The number of halogens is 1. The van der Waals surface area contributed by atoms with Gasteiger partial charge in [-0.3, -0.25) is 9.59 Å². The van der Waals surface area contributed by atoms with Gasteiger partial charge in [0, 0.05) is 36.3 Å². The summed E-state index contributed by atoms with van der Waals surface area (Å²) in [6.45, 7) is 9.65. The minimum atomic E-state index is -0.120. The number of carbonyl (C=O) groups is 2. The van der Waals surface area contributed by atoms with Gasteiger partial charge < -0.3 is 10.2 Å². The van der Waals surface area contributed by atoms with Crippen LogP contribution in [0, 0.1) is 27.7 Å². The van der Waals surface area contributed by atoms with Crippen LogP contribution in [-0.4, -0.2) is 18.4 Å². The smallest absolute Gasteiger partial charge is 0.226 e. The van der Waals surface area contributed by atoms with E-state index in [0.29, 0.717) is 11.6 Å². The van der Waals surface area contributed by atoms with Crippen molar-refractivity contribution in [3.05, 3.63) is 57.6 Å². The second kappa shape index (κ2) is 8.37. The molecule has 0 radical (unpaired) electrons. The first-order valence-corrected chi connectivity index (χ1v) is 8.99. The van der Waals surface area contributed by atoms with Crippen LogP contribution in [0.5, 0.6) is 0 Å². The molecule has 0 unspecified atom stereocenters. The summed E-state index contributed by atoms with van der Waals surface area (Å²) in [5.74, 6) is -0.239. The molecule has 26 heavy (non-hydrogen) atoms. The summed E-state index contributed by atoms with van der Waals surface area (Å²) in [6.07, 6.45) is 0.207. The van der Waals surface area contributed by atoms with Crippen LogP contribution in [-0.2, 0) is 9.59 Å². The van der Waals surface area contributed by atoms with E-state index in [2.05, 4.69) is 5.32 Å². The van der Waals surface area contributed by atoms with E-state index >= 15 is 0 Å². The summed E-state index contributed by atoms with van der Waals surface area (Å²) in [5.41, 5.74) is 5.64. The van der Waals surface area contributed by atoms with Gasteiger partial charge in [-0.1, -0.05) is 35.4 Å². The Morgan fingerprint density at radius 2 is 1.69 bits per heavy atom. The average Bonchev–Trinajstić information content (AvgIpc) is 2.54. The van der Waals surface area contributed by atoms with E-state index in [4.69, 9.17) is 11.6 Å². The highest BCUT2D eigenvalue weighted by molar-refractivity contribution is 6.31. The molecule has 0 aliphatic carbocycles. The van der Waals surface area contributed by atoms with E-state index in [-0.39, 0.29) is 18.2 Å². The molecule has 0 atom stereocenters. The second-order valence-electron chi connectivity index (χ2n) is 6.63. The van der Waals surface area contributed by atoms with Crippen LogP contribution >= 0.6 is 11.6 Å². The van der Waals surface area contributed by atoms with Crippen molar-refractivity contribution in [2.24, 2.45) is 0 Å². The van der Waals surface area contributed by atoms with Gasteiger partial charge in [0.2, 0.25) is 11.8 Å². The highest BCUT2D eigenvalue weighted by atomic mass is 35.5. The lowest BCUT2D eigenvalue weighted by Gasteiger charge is -2.23. The van der Waals surface area contributed by atoms with Crippen LogP contribution in [0.2, 0.25) is 5.02 Å². The Morgan fingerprint density at radius 3 is 2.27 bits per heavy atom. The molecular formula is C21H25ClN2O2. The first-order valence-electron chi connectivity index (χ1n) is 8.61. The maximum absolute atomic E-state index is 12.4. The van der Waals surface area contributed by atoms with Crippen molar-refractivity contribution >= 4 is 34.8 Å². The van der Waals surface area contributed by atoms with Gasteiger partial charge in [0.1, 0.15) is 0 Å². The van der Waals surface area contributed by atoms with E-state index in [1.807, 2.05) is 45.9 Å². The third kappa shape index (κ3) is 4.64. The maximum Gasteiger partial charge on any atom is 0.226 e. The van der Waals surface area contributed by atoms with Crippen LogP contribution in [0.3, 0.4) is 0 Å². The molecule has 0 aromatic heterocycles. The number of benzene rings is 2. The second-order valence-corrected chi connectivity index (χ2v) is 7.03. The topological polar surface area (TPSA) is 49.4 Å². The third-order valence-corrected chi connectivity index (χ3v) is 4.82. The lowest BCUT2D eigenvalue weighted by Crippen LogP contribution is -2.32. The summed E-state index contributed by atoms with van der Waals surface area (Å²) in [5, 5.41) is 3.58. The number of carbonyl (C=O) groups excluding carboxylic acids is 2. The Labute approximate surface area is 160 Å². The molecule has 0 saturated heterocycles. The van der Waals surface area contributed by atoms with Crippen molar-refractivity contribution < 1.29 is 9.59 Å². The van der Waals surface area contributed by atoms with Gasteiger partial charge in [0.05, 0.1) is 0 Å². The highest BCUT2D eigenvalue weighted by Gasteiger charge is 2.17. The fraction of sp³-hybridized carbons (Fsp3) is 0.333. The van der Waals surface area contributed by atoms with Crippen molar-refractivity contribution in [3.8, 4) is 0 Å². The van der Waals surface area contributed by atoms with Gasteiger partial charge in [-0.15, -0.1) is 0 Å². The lowest BCUT2D eigenvalue weighted by molar-refractivity contribution is -0.117. The molecule has 0 aliphatic rings. The fourth-order valence-electron chi connectivity index (χ4n) is 3.13. The van der Waals surface area contributed by atoms with E-state index in [1.54, 1.807) is 17.0 Å². The van der Waals surface area contributed by atoms with Crippen molar-refractivity contribution in [2.75, 3.05) is 16.8 Å². The van der Waals surface area contributed by atoms with E-state index in [9.17, 15) is 9.59 Å². The van der Waals surface area contributed by atoms with Gasteiger partial charge in [0.15, 0.2) is 0 Å². The number of aryl methyl sites for hydroxylation is 3. The first-order chi connectivity index (χ1) is 12.2. The zero-order valence-electron chi connectivity index (χ0n) is 15.9. The molecule has 138 valence electrons. The SMILES string of the molecule is CC(=O)N(CCC(=O)Nc1c(C)cc(C)cc1C)c1cccc(Cl)c1C.